The van der Waals surface area contributed by atoms with Crippen LogP contribution in [0, 0.1) is 0 Å². The molecule has 33 heavy (non-hydrogen) atoms. The third kappa shape index (κ3) is 3.42. The molecule has 3 aromatic carbocycles. The molecule has 0 aliphatic carbocycles. The maximum absolute atomic E-state index is 12.9. The number of aromatic amines is 1. The molecular formula is C27H21N5O. The molecule has 6 heteroatoms. The van der Waals surface area contributed by atoms with Crippen molar-refractivity contribution < 1.29 is 4.79 Å². The molecule has 6 nitrogen and oxygen atoms in total. The lowest BCUT2D eigenvalue weighted by Crippen LogP contribution is -2.27. The molecule has 6 rings (SSSR count). The Kier molecular flexibility index (Phi) is 4.61. The molecule has 3 aromatic heterocycles. The summed E-state index contributed by atoms with van der Waals surface area (Å²) in [5.74, 6) is -0.0971. The number of hydrogen-bond donors (Lipinski definition) is 2. The van der Waals surface area contributed by atoms with Crippen LogP contribution in [0.3, 0.4) is 0 Å². The zero-order valence-corrected chi connectivity index (χ0v) is 17.8. The molecule has 3 heterocycles. The Labute approximate surface area is 189 Å². The predicted molar refractivity (Wildman–Crippen MR) is 131 cm³/mol. The smallest absolute Gasteiger partial charge is 0.251 e. The number of hydrogen-bond acceptors (Lipinski definition) is 3. The predicted octanol–water partition coefficient (Wildman–Crippen LogP) is 5.16. The second kappa shape index (κ2) is 7.91. The summed E-state index contributed by atoms with van der Waals surface area (Å²) in [7, 11) is 0. The van der Waals surface area contributed by atoms with Gasteiger partial charge in [0, 0.05) is 52.9 Å². The van der Waals surface area contributed by atoms with Crippen molar-refractivity contribution in [3.63, 3.8) is 0 Å². The lowest BCUT2D eigenvalue weighted by Gasteiger charge is -2.08. The van der Waals surface area contributed by atoms with Gasteiger partial charge < -0.3 is 9.88 Å². The molecule has 0 saturated carbocycles. The van der Waals surface area contributed by atoms with E-state index in [4.69, 9.17) is 0 Å². The highest BCUT2D eigenvalue weighted by molar-refractivity contribution is 6.05. The summed E-state index contributed by atoms with van der Waals surface area (Å²) >= 11 is 0. The first-order chi connectivity index (χ1) is 16.3. The first-order valence-corrected chi connectivity index (χ1v) is 10.9. The number of para-hydroxylation sites is 2. The molecule has 0 spiro atoms. The Hall–Kier alpha value is -4.45. The molecule has 0 atom stereocenters. The van der Waals surface area contributed by atoms with E-state index < -0.39 is 0 Å². The van der Waals surface area contributed by atoms with E-state index in [1.54, 1.807) is 6.20 Å². The van der Waals surface area contributed by atoms with Crippen LogP contribution in [0.15, 0.2) is 91.3 Å². The van der Waals surface area contributed by atoms with Crippen molar-refractivity contribution in [2.75, 3.05) is 6.54 Å². The van der Waals surface area contributed by atoms with Gasteiger partial charge >= 0.3 is 0 Å². The SMILES string of the molecule is O=C(NCCn1ccc2ccccc21)c1ccc2[nH]nc(-c3ccnc4ccccc34)c2c1. The van der Waals surface area contributed by atoms with Crippen LogP contribution in [0.5, 0.6) is 0 Å². The average molecular weight is 431 g/mol. The number of benzene rings is 3. The monoisotopic (exact) mass is 431 g/mol. The number of amides is 1. The summed E-state index contributed by atoms with van der Waals surface area (Å²) in [6.07, 6.45) is 3.85. The number of nitrogens with zero attached hydrogens (tertiary/aromatic N) is 3. The largest absolute Gasteiger partial charge is 0.350 e. The lowest BCUT2D eigenvalue weighted by atomic mass is 10.0. The van der Waals surface area contributed by atoms with Crippen LogP contribution in [0.25, 0.3) is 44.0 Å². The fourth-order valence-electron chi connectivity index (χ4n) is 4.39. The van der Waals surface area contributed by atoms with E-state index in [-0.39, 0.29) is 5.91 Å². The first-order valence-electron chi connectivity index (χ1n) is 10.9. The van der Waals surface area contributed by atoms with E-state index in [9.17, 15) is 4.79 Å². The maximum atomic E-state index is 12.9. The normalized spacial score (nSPS) is 11.4. The quantitative estimate of drug-likeness (QED) is 0.396. The van der Waals surface area contributed by atoms with E-state index in [1.165, 1.54) is 10.9 Å². The molecule has 0 fully saturated rings. The summed E-state index contributed by atoms with van der Waals surface area (Å²) in [6, 6.07) is 25.9. The Morgan fingerprint density at radius 2 is 1.82 bits per heavy atom. The summed E-state index contributed by atoms with van der Waals surface area (Å²) in [5, 5.41) is 13.8. The summed E-state index contributed by atoms with van der Waals surface area (Å²) in [6.45, 7) is 1.25. The van der Waals surface area contributed by atoms with Gasteiger partial charge in [-0.2, -0.15) is 5.10 Å². The van der Waals surface area contributed by atoms with E-state index in [1.807, 2.05) is 60.7 Å². The molecule has 0 bridgehead atoms. The molecule has 6 aromatic rings. The standard InChI is InChI=1S/C27H21N5O/c33-27(29-14-16-32-15-12-18-5-1-4-8-25(18)32)19-9-10-24-22(17-19)26(31-30-24)21-11-13-28-23-7-3-2-6-20(21)23/h1-13,15,17H,14,16H2,(H,29,33)(H,30,31). The van der Waals surface area contributed by atoms with Crippen LogP contribution in [-0.2, 0) is 6.54 Å². The molecular weight excluding hydrogens is 410 g/mol. The Balaban J connectivity index is 1.26. The number of H-pyrrole nitrogens is 1. The minimum Gasteiger partial charge on any atom is -0.350 e. The number of carbonyl (C=O) groups is 1. The highest BCUT2D eigenvalue weighted by Crippen LogP contribution is 2.31. The minimum absolute atomic E-state index is 0.0971. The number of rotatable bonds is 5. The summed E-state index contributed by atoms with van der Waals surface area (Å²) < 4.78 is 2.15. The third-order valence-corrected chi connectivity index (χ3v) is 6.05. The van der Waals surface area contributed by atoms with Crippen LogP contribution in [-0.4, -0.2) is 32.2 Å². The lowest BCUT2D eigenvalue weighted by molar-refractivity contribution is 0.0952. The molecule has 2 N–H and O–H groups in total. The van der Waals surface area contributed by atoms with Crippen molar-refractivity contribution in [2.24, 2.45) is 0 Å². The van der Waals surface area contributed by atoms with Gasteiger partial charge in [-0.25, -0.2) is 0 Å². The number of pyridine rings is 1. The Morgan fingerprint density at radius 1 is 0.939 bits per heavy atom. The summed E-state index contributed by atoms with van der Waals surface area (Å²) in [4.78, 5) is 17.3. The number of nitrogens with one attached hydrogen (secondary N) is 2. The molecule has 0 aliphatic rings. The zero-order chi connectivity index (χ0) is 22.2. The third-order valence-electron chi connectivity index (χ3n) is 6.05. The van der Waals surface area contributed by atoms with Crippen LogP contribution < -0.4 is 5.32 Å². The Bertz CT molecular complexity index is 1620. The average Bonchev–Trinajstić information content (AvgIpc) is 3.47. The first kappa shape index (κ1) is 19.3. The fourth-order valence-corrected chi connectivity index (χ4v) is 4.39. The van der Waals surface area contributed by atoms with Gasteiger partial charge in [-0.05, 0) is 47.9 Å². The molecule has 160 valence electrons. The van der Waals surface area contributed by atoms with Crippen LogP contribution in [0.1, 0.15) is 10.4 Å². The van der Waals surface area contributed by atoms with Crippen LogP contribution in [0.2, 0.25) is 0 Å². The van der Waals surface area contributed by atoms with Crippen molar-refractivity contribution in [3.05, 3.63) is 96.8 Å². The zero-order valence-electron chi connectivity index (χ0n) is 17.8. The van der Waals surface area contributed by atoms with Gasteiger partial charge in [-0.15, -0.1) is 0 Å². The maximum Gasteiger partial charge on any atom is 0.251 e. The van der Waals surface area contributed by atoms with E-state index in [0.29, 0.717) is 18.7 Å². The minimum atomic E-state index is -0.0971. The van der Waals surface area contributed by atoms with Gasteiger partial charge in [0.25, 0.3) is 5.91 Å². The van der Waals surface area contributed by atoms with Gasteiger partial charge in [0.1, 0.15) is 5.69 Å². The van der Waals surface area contributed by atoms with Gasteiger partial charge in [0.15, 0.2) is 0 Å². The van der Waals surface area contributed by atoms with Crippen molar-refractivity contribution in [2.45, 2.75) is 6.54 Å². The number of fused-ring (bicyclic) bond motifs is 3. The van der Waals surface area contributed by atoms with Crippen LogP contribution in [0.4, 0.5) is 0 Å². The van der Waals surface area contributed by atoms with Gasteiger partial charge in [-0.1, -0.05) is 36.4 Å². The summed E-state index contributed by atoms with van der Waals surface area (Å²) in [5.41, 5.74) is 5.39. The molecule has 0 unspecified atom stereocenters. The van der Waals surface area contributed by atoms with E-state index in [0.717, 1.165) is 33.1 Å². The van der Waals surface area contributed by atoms with Gasteiger partial charge in [-0.3, -0.25) is 14.9 Å². The Morgan fingerprint density at radius 3 is 2.79 bits per heavy atom. The molecule has 0 aliphatic heterocycles. The second-order valence-electron chi connectivity index (χ2n) is 8.03. The molecule has 0 saturated heterocycles. The van der Waals surface area contributed by atoms with Crippen molar-refractivity contribution >= 4 is 38.6 Å². The fraction of sp³-hybridized carbons (Fsp3) is 0.0741. The van der Waals surface area contributed by atoms with E-state index >= 15 is 0 Å². The van der Waals surface area contributed by atoms with E-state index in [2.05, 4.69) is 49.5 Å². The molecule has 0 radical (unpaired) electrons. The van der Waals surface area contributed by atoms with Crippen molar-refractivity contribution in [3.8, 4) is 11.3 Å². The van der Waals surface area contributed by atoms with Crippen molar-refractivity contribution in [1.82, 2.24) is 25.1 Å². The second-order valence-corrected chi connectivity index (χ2v) is 8.03. The van der Waals surface area contributed by atoms with Gasteiger partial charge in [0.05, 0.1) is 11.0 Å². The number of carbonyl (C=O) groups excluding carboxylic acids is 1. The topological polar surface area (TPSA) is 75.6 Å². The highest BCUT2D eigenvalue weighted by Gasteiger charge is 2.14. The van der Waals surface area contributed by atoms with Crippen LogP contribution >= 0.6 is 0 Å². The van der Waals surface area contributed by atoms with Crippen molar-refractivity contribution in [1.29, 1.82) is 0 Å². The van der Waals surface area contributed by atoms with Gasteiger partial charge in [0.2, 0.25) is 0 Å². The number of aromatic nitrogens is 4. The highest BCUT2D eigenvalue weighted by atomic mass is 16.1. The molecule has 1 amide bonds.